The highest BCUT2D eigenvalue weighted by Gasteiger charge is 2.33. The lowest BCUT2D eigenvalue weighted by Crippen LogP contribution is -2.48. The van der Waals surface area contributed by atoms with Crippen molar-refractivity contribution in [2.45, 2.75) is 31.5 Å². The Morgan fingerprint density at radius 2 is 1.90 bits per heavy atom. The Morgan fingerprint density at radius 1 is 1.20 bits per heavy atom. The van der Waals surface area contributed by atoms with Crippen LogP contribution < -0.4 is 5.32 Å². The minimum Gasteiger partial charge on any atom is -0.338 e. The second-order valence-electron chi connectivity index (χ2n) is 7.61. The Bertz CT molecular complexity index is 908. The molecule has 0 spiro atoms. The first-order chi connectivity index (χ1) is 14.3. The normalized spacial score (nSPS) is 18.5. The van der Waals surface area contributed by atoms with E-state index in [1.54, 1.807) is 0 Å². The first kappa shape index (κ1) is 21.1. The molecule has 7 nitrogen and oxygen atoms in total. The van der Waals surface area contributed by atoms with E-state index in [9.17, 15) is 18.0 Å². The quantitative estimate of drug-likeness (QED) is 0.737. The third kappa shape index (κ3) is 5.30. The molecule has 1 aromatic carbocycles. The van der Waals surface area contributed by atoms with Gasteiger partial charge in [0.05, 0.1) is 23.7 Å². The van der Waals surface area contributed by atoms with Gasteiger partial charge in [-0.15, -0.1) is 0 Å². The fraction of sp³-hybridized carbons (Fsp3) is 0.526. The molecule has 1 N–H and O–H groups in total. The van der Waals surface area contributed by atoms with Crippen molar-refractivity contribution in [2.24, 2.45) is 0 Å². The summed E-state index contributed by atoms with van der Waals surface area (Å²) in [6.45, 7) is 3.45. The lowest BCUT2D eigenvalue weighted by atomic mass is 10.2. The monoisotopic (exact) mass is 443 g/mol. The highest BCUT2D eigenvalue weighted by Crippen LogP contribution is 2.38. The number of aromatic nitrogens is 2. The summed E-state index contributed by atoms with van der Waals surface area (Å²) in [7, 11) is 0. The van der Waals surface area contributed by atoms with E-state index in [0.29, 0.717) is 31.4 Å². The van der Waals surface area contributed by atoms with Gasteiger partial charge in [0.1, 0.15) is 0 Å². The van der Waals surface area contributed by atoms with Crippen LogP contribution in [0.4, 0.5) is 18.9 Å². The van der Waals surface area contributed by atoms with Crippen molar-refractivity contribution < 1.29 is 22.5 Å². The van der Waals surface area contributed by atoms with Gasteiger partial charge >= 0.3 is 6.18 Å². The van der Waals surface area contributed by atoms with E-state index < -0.39 is 16.8 Å². The number of alkyl halides is 3. The van der Waals surface area contributed by atoms with Gasteiger partial charge in [-0.1, -0.05) is 16.8 Å². The van der Waals surface area contributed by atoms with Gasteiger partial charge in [-0.2, -0.15) is 18.2 Å². The summed E-state index contributed by atoms with van der Waals surface area (Å²) < 4.78 is 44.1. The van der Waals surface area contributed by atoms with E-state index in [2.05, 4.69) is 20.4 Å². The molecule has 11 heteroatoms. The van der Waals surface area contributed by atoms with Gasteiger partial charge in [0.2, 0.25) is 11.8 Å². The zero-order chi connectivity index (χ0) is 21.3. The molecule has 30 heavy (non-hydrogen) atoms. The molecule has 1 amide bonds. The van der Waals surface area contributed by atoms with E-state index in [0.717, 1.165) is 43.9 Å². The van der Waals surface area contributed by atoms with Crippen LogP contribution in [0.25, 0.3) is 0 Å². The Morgan fingerprint density at radius 3 is 2.57 bits per heavy atom. The maximum absolute atomic E-state index is 13.0. The fourth-order valence-corrected chi connectivity index (χ4v) is 3.58. The number of rotatable bonds is 6. The number of carbonyl (C=O) groups excluding carboxylic acids is 1. The molecule has 1 aromatic heterocycles. The summed E-state index contributed by atoms with van der Waals surface area (Å²) in [6, 6.07) is 3.33. The van der Waals surface area contributed by atoms with Crippen molar-refractivity contribution in [3.63, 3.8) is 0 Å². The third-order valence-corrected chi connectivity index (χ3v) is 5.50. The molecule has 1 aliphatic carbocycles. The molecular formula is C19H21ClF3N5O2. The van der Waals surface area contributed by atoms with E-state index in [1.807, 2.05) is 4.90 Å². The first-order valence-electron chi connectivity index (χ1n) is 9.72. The van der Waals surface area contributed by atoms with Crippen molar-refractivity contribution in [1.82, 2.24) is 19.9 Å². The van der Waals surface area contributed by atoms with Gasteiger partial charge in [-0.05, 0) is 31.0 Å². The first-order valence-corrected chi connectivity index (χ1v) is 10.1. The summed E-state index contributed by atoms with van der Waals surface area (Å²) in [5.74, 6) is 1.47. The van der Waals surface area contributed by atoms with Gasteiger partial charge in [0, 0.05) is 37.8 Å². The second kappa shape index (κ2) is 8.52. The lowest BCUT2D eigenvalue weighted by Gasteiger charge is -2.33. The summed E-state index contributed by atoms with van der Waals surface area (Å²) in [6.07, 6.45) is -2.34. The minimum absolute atomic E-state index is 0.0678. The number of hydrogen-bond donors (Lipinski definition) is 1. The van der Waals surface area contributed by atoms with Crippen molar-refractivity contribution in [2.75, 3.05) is 38.0 Å². The smallest absolute Gasteiger partial charge is 0.338 e. The van der Waals surface area contributed by atoms with Crippen LogP contribution in [0, 0.1) is 0 Å². The summed E-state index contributed by atoms with van der Waals surface area (Å²) >= 11 is 5.60. The van der Waals surface area contributed by atoms with Crippen molar-refractivity contribution >= 4 is 23.2 Å². The molecule has 1 aliphatic heterocycles. The molecule has 2 aliphatic rings. The SMILES string of the molecule is O=C(CN1CCN(Cc2nc(C3CC3)no2)CC1)Nc1ccc(Cl)c(C(F)(F)F)c1. The molecule has 0 radical (unpaired) electrons. The van der Waals surface area contributed by atoms with Crippen LogP contribution in [-0.2, 0) is 17.5 Å². The largest absolute Gasteiger partial charge is 0.417 e. The highest BCUT2D eigenvalue weighted by atomic mass is 35.5. The van der Waals surface area contributed by atoms with E-state index in [4.69, 9.17) is 16.1 Å². The predicted molar refractivity (Wildman–Crippen MR) is 103 cm³/mol. The lowest BCUT2D eigenvalue weighted by molar-refractivity contribution is -0.137. The average molecular weight is 444 g/mol. The van der Waals surface area contributed by atoms with Crippen molar-refractivity contribution in [3.8, 4) is 0 Å². The Hall–Kier alpha value is -2.17. The fourth-order valence-electron chi connectivity index (χ4n) is 3.36. The van der Waals surface area contributed by atoms with Crippen LogP contribution in [0.5, 0.6) is 0 Å². The molecule has 0 unspecified atom stereocenters. The van der Waals surface area contributed by atoms with Gasteiger partial charge in [0.25, 0.3) is 0 Å². The Labute approximate surface area is 176 Å². The standard InChI is InChI=1S/C19H21ClF3N5O2/c20-15-4-3-13(9-14(15)19(21,22)23)24-16(29)10-27-5-7-28(8-6-27)11-17-25-18(26-30-17)12-1-2-12/h3-4,9,12H,1-2,5-8,10-11H2,(H,24,29). The number of nitrogens with zero attached hydrogens (tertiary/aromatic N) is 4. The van der Waals surface area contributed by atoms with E-state index >= 15 is 0 Å². The Balaban J connectivity index is 1.24. The van der Waals surface area contributed by atoms with Crippen LogP contribution in [0.3, 0.4) is 0 Å². The summed E-state index contributed by atoms with van der Waals surface area (Å²) in [4.78, 5) is 20.8. The molecule has 162 valence electrons. The topological polar surface area (TPSA) is 74.5 Å². The van der Waals surface area contributed by atoms with Crippen molar-refractivity contribution in [3.05, 3.63) is 40.5 Å². The number of hydrogen-bond acceptors (Lipinski definition) is 6. The number of nitrogens with one attached hydrogen (secondary N) is 1. The molecule has 2 aromatic rings. The van der Waals surface area contributed by atoms with Crippen LogP contribution in [0.1, 0.15) is 36.0 Å². The second-order valence-corrected chi connectivity index (χ2v) is 8.02. The van der Waals surface area contributed by atoms with Gasteiger partial charge < -0.3 is 9.84 Å². The predicted octanol–water partition coefficient (Wildman–Crippen LogP) is 3.38. The molecule has 2 heterocycles. The molecule has 0 atom stereocenters. The van der Waals surface area contributed by atoms with Crippen LogP contribution in [0.2, 0.25) is 5.02 Å². The molecular weight excluding hydrogens is 423 g/mol. The van der Waals surface area contributed by atoms with Gasteiger partial charge in [-0.25, -0.2) is 0 Å². The van der Waals surface area contributed by atoms with Gasteiger partial charge in [-0.3, -0.25) is 14.6 Å². The minimum atomic E-state index is -4.58. The highest BCUT2D eigenvalue weighted by molar-refractivity contribution is 6.31. The number of benzene rings is 1. The molecule has 0 bridgehead atoms. The van der Waals surface area contributed by atoms with Gasteiger partial charge in [0.15, 0.2) is 5.82 Å². The average Bonchev–Trinajstić information content (AvgIpc) is 3.43. The van der Waals surface area contributed by atoms with Crippen LogP contribution >= 0.6 is 11.6 Å². The number of piperazine rings is 1. The molecule has 1 saturated heterocycles. The number of amides is 1. The summed E-state index contributed by atoms with van der Waals surface area (Å²) in [5.41, 5.74) is -0.903. The van der Waals surface area contributed by atoms with E-state index in [1.165, 1.54) is 6.07 Å². The Kier molecular flexibility index (Phi) is 5.99. The van der Waals surface area contributed by atoms with Crippen LogP contribution in [0.15, 0.2) is 22.7 Å². The molecule has 1 saturated carbocycles. The summed E-state index contributed by atoms with van der Waals surface area (Å²) in [5, 5.41) is 6.12. The molecule has 2 fully saturated rings. The van der Waals surface area contributed by atoms with Crippen LogP contribution in [-0.4, -0.2) is 58.6 Å². The third-order valence-electron chi connectivity index (χ3n) is 5.17. The van der Waals surface area contributed by atoms with E-state index in [-0.39, 0.29) is 18.1 Å². The number of carbonyl (C=O) groups is 1. The van der Waals surface area contributed by atoms with Crippen molar-refractivity contribution in [1.29, 1.82) is 0 Å². The maximum Gasteiger partial charge on any atom is 0.417 e. The zero-order valence-electron chi connectivity index (χ0n) is 16.1. The number of anilines is 1. The molecule has 4 rings (SSSR count). The number of halogens is 4. The zero-order valence-corrected chi connectivity index (χ0v) is 16.8. The maximum atomic E-state index is 13.0.